The number of carbonyl (C=O) groups is 1. The minimum atomic E-state index is -4.36. The standard InChI is InChI=1S/C56H107N2O6P/c1-6-8-10-12-14-16-18-20-22-24-26-27-28-29-30-31-32-34-36-38-40-42-44-46-48-50-56(60)57-54(53-64-65(61,62)63-52-51-58(3,4)5)55(59)49-47-45-43-41-39-37-35-33-25-23-21-19-17-15-13-11-9-7-2/h25,29-30,33,39,41,47,49,54-55,59H,6-24,26-28,31-32,34-38,40,42-46,48,50-53H2,1-5H3,(H-,57,60,61,62)/p+1/b30-29-,33-25+,41-39+,49-47+. The number of amides is 1. The Morgan fingerprint density at radius 3 is 1.23 bits per heavy atom. The Hall–Kier alpha value is -1.54. The second-order valence-electron chi connectivity index (χ2n) is 19.9. The normalized spacial score (nSPS) is 14.4. The first kappa shape index (κ1) is 63.5. The van der Waals surface area contributed by atoms with Crippen molar-refractivity contribution in [2.24, 2.45) is 0 Å². The molecule has 0 radical (unpaired) electrons. The van der Waals surface area contributed by atoms with E-state index in [1.165, 1.54) is 186 Å². The van der Waals surface area contributed by atoms with Crippen molar-refractivity contribution in [1.82, 2.24) is 5.32 Å². The van der Waals surface area contributed by atoms with Gasteiger partial charge in [-0.2, -0.15) is 0 Å². The van der Waals surface area contributed by atoms with E-state index in [0.29, 0.717) is 17.4 Å². The molecule has 0 aromatic carbocycles. The zero-order valence-corrected chi connectivity index (χ0v) is 44.4. The van der Waals surface area contributed by atoms with Crippen LogP contribution in [0.15, 0.2) is 48.6 Å². The van der Waals surface area contributed by atoms with Gasteiger partial charge >= 0.3 is 7.82 Å². The quantitative estimate of drug-likeness (QED) is 0.0243. The van der Waals surface area contributed by atoms with Gasteiger partial charge in [0.05, 0.1) is 39.9 Å². The lowest BCUT2D eigenvalue weighted by molar-refractivity contribution is -0.870. The van der Waals surface area contributed by atoms with E-state index in [2.05, 4.69) is 55.6 Å². The van der Waals surface area contributed by atoms with Gasteiger partial charge in [0, 0.05) is 6.42 Å². The molecule has 0 fully saturated rings. The van der Waals surface area contributed by atoms with Crippen molar-refractivity contribution < 1.29 is 32.9 Å². The Labute approximate surface area is 403 Å². The highest BCUT2D eigenvalue weighted by molar-refractivity contribution is 7.47. The number of nitrogens with one attached hydrogen (secondary N) is 1. The van der Waals surface area contributed by atoms with Crippen LogP contribution in [-0.2, 0) is 18.4 Å². The van der Waals surface area contributed by atoms with Gasteiger partial charge in [0.1, 0.15) is 13.2 Å². The molecule has 0 bridgehead atoms. The molecule has 8 nitrogen and oxygen atoms in total. The number of quaternary nitrogens is 1. The van der Waals surface area contributed by atoms with E-state index in [1.807, 2.05) is 27.2 Å². The number of carbonyl (C=O) groups excluding carboxylic acids is 1. The molecule has 3 atom stereocenters. The van der Waals surface area contributed by atoms with E-state index in [9.17, 15) is 19.4 Å². The van der Waals surface area contributed by atoms with Gasteiger partial charge in [0.2, 0.25) is 5.91 Å². The maximum Gasteiger partial charge on any atom is 0.472 e. The number of allylic oxidation sites excluding steroid dienone is 7. The number of rotatable bonds is 50. The van der Waals surface area contributed by atoms with Crippen LogP contribution < -0.4 is 5.32 Å². The molecule has 9 heteroatoms. The highest BCUT2D eigenvalue weighted by Gasteiger charge is 2.27. The number of hydrogen-bond acceptors (Lipinski definition) is 5. The number of nitrogens with zero attached hydrogens (tertiary/aromatic N) is 1. The van der Waals surface area contributed by atoms with Gasteiger partial charge in [-0.1, -0.05) is 223 Å². The lowest BCUT2D eigenvalue weighted by Gasteiger charge is -2.25. The van der Waals surface area contributed by atoms with Gasteiger partial charge in [0.25, 0.3) is 0 Å². The Balaban J connectivity index is 4.28. The van der Waals surface area contributed by atoms with Crippen LogP contribution in [0.3, 0.4) is 0 Å². The summed E-state index contributed by atoms with van der Waals surface area (Å²) in [5, 5.41) is 13.9. The van der Waals surface area contributed by atoms with Crippen molar-refractivity contribution in [3.8, 4) is 0 Å². The number of hydrogen-bond donors (Lipinski definition) is 3. The predicted octanol–water partition coefficient (Wildman–Crippen LogP) is 16.4. The molecule has 0 aliphatic rings. The van der Waals surface area contributed by atoms with E-state index in [0.717, 1.165) is 44.9 Å². The number of phosphoric acid groups is 1. The van der Waals surface area contributed by atoms with Gasteiger partial charge < -0.3 is 19.8 Å². The maximum atomic E-state index is 13.0. The van der Waals surface area contributed by atoms with Crippen molar-refractivity contribution in [2.75, 3.05) is 40.9 Å². The first-order valence-electron chi connectivity index (χ1n) is 27.5. The lowest BCUT2D eigenvalue weighted by Crippen LogP contribution is -2.45. The molecule has 382 valence electrons. The molecule has 0 saturated heterocycles. The minimum absolute atomic E-state index is 0.0526. The molecule has 0 aromatic heterocycles. The van der Waals surface area contributed by atoms with Gasteiger partial charge in [-0.05, 0) is 70.6 Å². The van der Waals surface area contributed by atoms with Crippen molar-refractivity contribution in [1.29, 1.82) is 0 Å². The molecule has 0 aliphatic carbocycles. The predicted molar refractivity (Wildman–Crippen MR) is 281 cm³/mol. The van der Waals surface area contributed by atoms with Crippen molar-refractivity contribution in [2.45, 2.75) is 264 Å². The molecule has 3 N–H and O–H groups in total. The van der Waals surface area contributed by atoms with Crippen molar-refractivity contribution in [3.05, 3.63) is 48.6 Å². The zero-order chi connectivity index (χ0) is 47.8. The van der Waals surface area contributed by atoms with Crippen molar-refractivity contribution >= 4 is 13.7 Å². The lowest BCUT2D eigenvalue weighted by atomic mass is 10.0. The monoisotopic (exact) mass is 936 g/mol. The van der Waals surface area contributed by atoms with E-state index in [-0.39, 0.29) is 19.1 Å². The average molecular weight is 936 g/mol. The number of phosphoric ester groups is 1. The highest BCUT2D eigenvalue weighted by atomic mass is 31.2. The minimum Gasteiger partial charge on any atom is -0.387 e. The molecular formula is C56H108N2O6P+. The third-order valence-corrected chi connectivity index (χ3v) is 13.2. The first-order chi connectivity index (χ1) is 31.5. The first-order valence-corrected chi connectivity index (χ1v) is 29.0. The van der Waals surface area contributed by atoms with Crippen LogP contribution in [0.2, 0.25) is 0 Å². The Bertz CT molecular complexity index is 1200. The summed E-state index contributed by atoms with van der Waals surface area (Å²) in [7, 11) is 1.55. The van der Waals surface area contributed by atoms with E-state index in [4.69, 9.17) is 9.05 Å². The Morgan fingerprint density at radius 1 is 0.508 bits per heavy atom. The number of aliphatic hydroxyl groups is 1. The molecule has 0 aliphatic heterocycles. The number of likely N-dealkylation sites (N-methyl/N-ethyl adjacent to an activating group) is 1. The molecule has 0 aromatic rings. The second kappa shape index (κ2) is 47.5. The Kier molecular flexibility index (Phi) is 46.4. The van der Waals surface area contributed by atoms with Gasteiger partial charge in [0.15, 0.2) is 0 Å². The summed E-state index contributed by atoms with van der Waals surface area (Å²) in [6.45, 7) is 4.80. The Morgan fingerprint density at radius 2 is 0.846 bits per heavy atom. The van der Waals surface area contributed by atoms with Crippen LogP contribution >= 0.6 is 7.82 Å². The third kappa shape index (κ3) is 50.2. The van der Waals surface area contributed by atoms with Crippen LogP contribution in [0.25, 0.3) is 0 Å². The summed E-state index contributed by atoms with van der Waals surface area (Å²) in [5.41, 5.74) is 0. The molecule has 0 rings (SSSR count). The summed E-state index contributed by atoms with van der Waals surface area (Å²) < 4.78 is 23.6. The molecule has 65 heavy (non-hydrogen) atoms. The van der Waals surface area contributed by atoms with Crippen LogP contribution in [0, 0.1) is 0 Å². The SMILES string of the molecule is CCCCCCCCCC/C=C/CC/C=C/CC/C=C/C(O)C(COP(=O)(O)OCC[N+](C)(C)C)NC(=O)CCCCCCCCCCC/C=C\CCCCCCCCCCCCCC. The van der Waals surface area contributed by atoms with Gasteiger partial charge in [-0.15, -0.1) is 0 Å². The molecule has 0 spiro atoms. The van der Waals surface area contributed by atoms with Crippen LogP contribution in [0.4, 0.5) is 0 Å². The fraction of sp³-hybridized carbons (Fsp3) is 0.839. The number of aliphatic hydroxyl groups excluding tert-OH is 1. The second-order valence-corrected chi connectivity index (χ2v) is 21.4. The summed E-state index contributed by atoms with van der Waals surface area (Å²) in [5.74, 6) is -0.192. The third-order valence-electron chi connectivity index (χ3n) is 12.2. The largest absolute Gasteiger partial charge is 0.472 e. The molecule has 0 heterocycles. The van der Waals surface area contributed by atoms with Crippen LogP contribution in [0.1, 0.15) is 251 Å². The fourth-order valence-electron chi connectivity index (χ4n) is 7.89. The van der Waals surface area contributed by atoms with Gasteiger partial charge in [-0.25, -0.2) is 4.57 Å². The molecule has 1 amide bonds. The highest BCUT2D eigenvalue weighted by Crippen LogP contribution is 2.43. The topological polar surface area (TPSA) is 105 Å². The van der Waals surface area contributed by atoms with Gasteiger partial charge in [-0.3, -0.25) is 13.8 Å². The molecule has 3 unspecified atom stereocenters. The summed E-state index contributed by atoms with van der Waals surface area (Å²) >= 11 is 0. The molecule has 0 saturated carbocycles. The summed E-state index contributed by atoms with van der Waals surface area (Å²) in [6.07, 6.45) is 62.1. The zero-order valence-electron chi connectivity index (χ0n) is 43.5. The van der Waals surface area contributed by atoms with E-state index in [1.54, 1.807) is 6.08 Å². The van der Waals surface area contributed by atoms with E-state index >= 15 is 0 Å². The smallest absolute Gasteiger partial charge is 0.387 e. The van der Waals surface area contributed by atoms with Crippen LogP contribution in [0.5, 0.6) is 0 Å². The average Bonchev–Trinajstić information content (AvgIpc) is 3.26. The summed E-state index contributed by atoms with van der Waals surface area (Å²) in [4.78, 5) is 23.2. The van der Waals surface area contributed by atoms with Crippen LogP contribution in [-0.4, -0.2) is 73.4 Å². The maximum absolute atomic E-state index is 13.0. The number of unbranched alkanes of at least 4 members (excludes halogenated alkanes) is 31. The molecular weight excluding hydrogens is 828 g/mol. The van der Waals surface area contributed by atoms with E-state index < -0.39 is 20.0 Å². The van der Waals surface area contributed by atoms with Crippen molar-refractivity contribution in [3.63, 3.8) is 0 Å². The summed E-state index contributed by atoms with van der Waals surface area (Å²) in [6, 6.07) is -0.871. The fourth-order valence-corrected chi connectivity index (χ4v) is 8.63.